The van der Waals surface area contributed by atoms with Gasteiger partial charge in [0.05, 0.1) is 0 Å². The lowest BCUT2D eigenvalue weighted by Crippen LogP contribution is -2.46. The van der Waals surface area contributed by atoms with E-state index in [0.29, 0.717) is 16.5 Å². The maximum absolute atomic E-state index is 12.8. The summed E-state index contributed by atoms with van der Waals surface area (Å²) in [6, 6.07) is 10.7. The zero-order valence-corrected chi connectivity index (χ0v) is 17.7. The summed E-state index contributed by atoms with van der Waals surface area (Å²) in [7, 11) is 0. The quantitative estimate of drug-likeness (QED) is 0.584. The number of nitrogens with zero attached hydrogens (tertiary/aromatic N) is 1. The molecule has 1 heterocycles. The minimum Gasteiger partial charge on any atom is -0.453 e. The van der Waals surface area contributed by atoms with Gasteiger partial charge in [0, 0.05) is 35.0 Å². The van der Waals surface area contributed by atoms with Crippen LogP contribution in [0.2, 0.25) is 0 Å². The molecule has 0 radical (unpaired) electrons. The van der Waals surface area contributed by atoms with Gasteiger partial charge >= 0.3 is 5.97 Å². The molecule has 1 aliphatic rings. The average Bonchev–Trinajstić information content (AvgIpc) is 2.67. The number of benzene rings is 2. The molecule has 7 nitrogen and oxygen atoms in total. The van der Waals surface area contributed by atoms with Crippen molar-refractivity contribution in [3.05, 3.63) is 47.5 Å². The van der Waals surface area contributed by atoms with Crippen LogP contribution in [0.3, 0.4) is 0 Å². The van der Waals surface area contributed by atoms with Crippen LogP contribution in [0.5, 0.6) is 0 Å². The minimum absolute atomic E-state index is 0.00392. The van der Waals surface area contributed by atoms with Gasteiger partial charge in [0.15, 0.2) is 6.10 Å². The Morgan fingerprint density at radius 3 is 2.13 bits per heavy atom. The van der Waals surface area contributed by atoms with Crippen LogP contribution < -0.4 is 5.32 Å². The van der Waals surface area contributed by atoms with Gasteiger partial charge in [-0.2, -0.15) is 0 Å². The minimum atomic E-state index is -0.917. The number of carbonyl (C=O) groups is 4. The third-order valence-electron chi connectivity index (χ3n) is 4.79. The van der Waals surface area contributed by atoms with Crippen molar-refractivity contribution < 1.29 is 23.9 Å². The van der Waals surface area contributed by atoms with Crippen LogP contribution in [0.15, 0.2) is 36.4 Å². The Balaban J connectivity index is 1.59. The Kier molecular flexibility index (Phi) is 5.92. The molecule has 1 unspecified atom stereocenters. The van der Waals surface area contributed by atoms with E-state index in [1.54, 1.807) is 24.3 Å². The maximum atomic E-state index is 12.8. The van der Waals surface area contributed by atoms with E-state index in [0.717, 1.165) is 5.39 Å². The third-order valence-corrected chi connectivity index (χ3v) is 4.79. The second-order valence-electron chi connectivity index (χ2n) is 8.45. The van der Waals surface area contributed by atoms with Crippen molar-refractivity contribution in [3.8, 4) is 0 Å². The van der Waals surface area contributed by atoms with Gasteiger partial charge in [0.2, 0.25) is 0 Å². The number of amides is 3. The molecule has 0 aliphatic carbocycles. The number of carbonyl (C=O) groups excluding carboxylic acids is 4. The maximum Gasteiger partial charge on any atom is 0.306 e. The average molecular weight is 410 g/mol. The molecule has 3 rings (SSSR count). The van der Waals surface area contributed by atoms with Crippen molar-refractivity contribution in [3.63, 3.8) is 0 Å². The monoisotopic (exact) mass is 410 g/mol. The molecule has 2 aromatic rings. The fourth-order valence-electron chi connectivity index (χ4n) is 3.45. The SMILES string of the molecule is CC(OC(=O)CCCN1C(=O)c2cccc3cccc(c23)C1=O)C(=O)NC(C)(C)C. The van der Waals surface area contributed by atoms with Crippen LogP contribution >= 0.6 is 0 Å². The first-order valence-electron chi connectivity index (χ1n) is 9.98. The van der Waals surface area contributed by atoms with Crippen molar-refractivity contribution in [2.24, 2.45) is 0 Å². The molecule has 0 saturated carbocycles. The van der Waals surface area contributed by atoms with Crippen LogP contribution in [-0.4, -0.2) is 46.8 Å². The summed E-state index contributed by atoms with van der Waals surface area (Å²) in [6.07, 6.45) is -0.669. The second-order valence-corrected chi connectivity index (χ2v) is 8.45. The van der Waals surface area contributed by atoms with E-state index in [1.807, 2.05) is 32.9 Å². The summed E-state index contributed by atoms with van der Waals surface area (Å²) >= 11 is 0. The summed E-state index contributed by atoms with van der Waals surface area (Å²) in [6.45, 7) is 7.12. The van der Waals surface area contributed by atoms with Crippen LogP contribution in [0, 0.1) is 0 Å². The molecule has 0 saturated heterocycles. The second kappa shape index (κ2) is 8.26. The lowest BCUT2D eigenvalue weighted by molar-refractivity contribution is -0.155. The largest absolute Gasteiger partial charge is 0.453 e. The van der Waals surface area contributed by atoms with Gasteiger partial charge in [-0.05, 0) is 51.6 Å². The van der Waals surface area contributed by atoms with E-state index in [1.165, 1.54) is 11.8 Å². The summed E-state index contributed by atoms with van der Waals surface area (Å²) in [4.78, 5) is 50.9. The van der Waals surface area contributed by atoms with E-state index >= 15 is 0 Å². The first-order valence-corrected chi connectivity index (χ1v) is 9.98. The van der Waals surface area contributed by atoms with Crippen LogP contribution in [0.4, 0.5) is 0 Å². The predicted molar refractivity (Wildman–Crippen MR) is 112 cm³/mol. The van der Waals surface area contributed by atoms with Crippen LogP contribution in [0.1, 0.15) is 61.3 Å². The normalized spacial score (nSPS) is 14.6. The highest BCUT2D eigenvalue weighted by atomic mass is 16.5. The van der Waals surface area contributed by atoms with Crippen molar-refractivity contribution in [1.82, 2.24) is 10.2 Å². The number of imide groups is 1. The molecule has 3 amide bonds. The zero-order valence-electron chi connectivity index (χ0n) is 17.7. The predicted octanol–water partition coefficient (Wildman–Crippen LogP) is 3.06. The van der Waals surface area contributed by atoms with E-state index in [-0.39, 0.29) is 37.1 Å². The fraction of sp³-hybridized carbons (Fsp3) is 0.391. The van der Waals surface area contributed by atoms with E-state index in [4.69, 9.17) is 4.74 Å². The highest BCUT2D eigenvalue weighted by Gasteiger charge is 2.32. The van der Waals surface area contributed by atoms with Crippen molar-refractivity contribution in [2.45, 2.75) is 52.2 Å². The molecule has 0 bridgehead atoms. The summed E-state index contributed by atoms with van der Waals surface area (Å²) < 4.78 is 5.16. The number of ether oxygens (including phenoxy) is 1. The highest BCUT2D eigenvalue weighted by Crippen LogP contribution is 2.30. The molecule has 0 fully saturated rings. The molecule has 30 heavy (non-hydrogen) atoms. The van der Waals surface area contributed by atoms with E-state index in [9.17, 15) is 19.2 Å². The summed E-state index contributed by atoms with van der Waals surface area (Å²) in [5, 5.41) is 4.26. The molecule has 1 N–H and O–H groups in total. The van der Waals surface area contributed by atoms with Gasteiger partial charge < -0.3 is 10.1 Å². The molecule has 7 heteroatoms. The van der Waals surface area contributed by atoms with Gasteiger partial charge in [-0.25, -0.2) is 0 Å². The molecule has 0 spiro atoms. The number of rotatable bonds is 6. The molecular formula is C23H26N2O5. The highest BCUT2D eigenvalue weighted by molar-refractivity contribution is 6.25. The van der Waals surface area contributed by atoms with Crippen LogP contribution in [-0.2, 0) is 14.3 Å². The Morgan fingerprint density at radius 2 is 1.60 bits per heavy atom. The standard InChI is InChI=1S/C23H26N2O5/c1-14(20(27)24-23(2,3)4)30-18(26)12-7-13-25-21(28)16-10-5-8-15-9-6-11-17(19(15)16)22(25)29/h5-6,8-11,14H,7,12-13H2,1-4H3,(H,24,27). The Hall–Kier alpha value is -3.22. The van der Waals surface area contributed by atoms with Crippen molar-refractivity contribution >= 4 is 34.5 Å². The third kappa shape index (κ3) is 4.50. The zero-order chi connectivity index (χ0) is 22.1. The number of esters is 1. The van der Waals surface area contributed by atoms with Crippen LogP contribution in [0.25, 0.3) is 10.8 Å². The first-order chi connectivity index (χ1) is 14.1. The molecule has 1 aliphatic heterocycles. The van der Waals surface area contributed by atoms with Gasteiger partial charge in [0.1, 0.15) is 0 Å². The number of hydrogen-bond donors (Lipinski definition) is 1. The lowest BCUT2D eigenvalue weighted by atomic mass is 9.94. The summed E-state index contributed by atoms with van der Waals surface area (Å²) in [5.41, 5.74) is 0.543. The Morgan fingerprint density at radius 1 is 1.03 bits per heavy atom. The van der Waals surface area contributed by atoms with Gasteiger partial charge in [-0.1, -0.05) is 24.3 Å². The van der Waals surface area contributed by atoms with Gasteiger partial charge in [0.25, 0.3) is 17.7 Å². The lowest BCUT2D eigenvalue weighted by Gasteiger charge is -2.27. The number of hydrogen-bond acceptors (Lipinski definition) is 5. The molecule has 0 aromatic heterocycles. The van der Waals surface area contributed by atoms with E-state index in [2.05, 4.69) is 5.32 Å². The molecule has 1 atom stereocenters. The molecule has 158 valence electrons. The van der Waals surface area contributed by atoms with Gasteiger partial charge in [-0.3, -0.25) is 24.1 Å². The van der Waals surface area contributed by atoms with Crippen molar-refractivity contribution in [2.75, 3.05) is 6.54 Å². The van der Waals surface area contributed by atoms with Crippen molar-refractivity contribution in [1.29, 1.82) is 0 Å². The Labute approximate surface area is 175 Å². The van der Waals surface area contributed by atoms with E-state index < -0.39 is 17.6 Å². The fourth-order valence-corrected chi connectivity index (χ4v) is 3.45. The van der Waals surface area contributed by atoms with Gasteiger partial charge in [-0.15, -0.1) is 0 Å². The first kappa shape index (κ1) is 21.5. The molecule has 2 aromatic carbocycles. The summed E-state index contributed by atoms with van der Waals surface area (Å²) in [5.74, 6) is -1.65. The smallest absolute Gasteiger partial charge is 0.306 e. The Bertz CT molecular complexity index is 971. The number of nitrogens with one attached hydrogen (secondary N) is 1. The molecular weight excluding hydrogens is 384 g/mol. The topological polar surface area (TPSA) is 92.8 Å².